The summed E-state index contributed by atoms with van der Waals surface area (Å²) in [5.41, 5.74) is 5.62. The first-order valence-corrected chi connectivity index (χ1v) is 16.2. The fraction of sp³-hybridized carbons (Fsp3) is 0.0455. The highest BCUT2D eigenvalue weighted by Crippen LogP contribution is 2.41. The van der Waals surface area contributed by atoms with Gasteiger partial charge in [0.1, 0.15) is 0 Å². The van der Waals surface area contributed by atoms with Crippen molar-refractivity contribution in [1.29, 1.82) is 0 Å². The second kappa shape index (κ2) is 13.8. The molecule has 0 amide bonds. The largest absolute Gasteiger partial charge is 0.311 e. The van der Waals surface area contributed by atoms with Crippen LogP contribution >= 0.6 is 0 Å². The van der Waals surface area contributed by atoms with Gasteiger partial charge in [-0.1, -0.05) is 96.1 Å². The van der Waals surface area contributed by atoms with Gasteiger partial charge in [-0.25, -0.2) is 17.6 Å². The van der Waals surface area contributed by atoms with Crippen LogP contribution < -0.4 is 9.80 Å². The lowest BCUT2D eigenvalue weighted by Crippen LogP contribution is -2.10. The van der Waals surface area contributed by atoms with Crippen LogP contribution in [0.3, 0.4) is 0 Å². The van der Waals surface area contributed by atoms with Gasteiger partial charge in [-0.3, -0.25) is 0 Å². The number of hydrogen-bond acceptors (Lipinski definition) is 2. The Morgan fingerprint density at radius 2 is 0.540 bits per heavy atom. The van der Waals surface area contributed by atoms with Crippen molar-refractivity contribution in [2.45, 2.75) is 13.8 Å². The van der Waals surface area contributed by atoms with Gasteiger partial charge in [0.15, 0.2) is 23.3 Å². The Kier molecular flexibility index (Phi) is 8.92. The van der Waals surface area contributed by atoms with Crippen molar-refractivity contribution in [1.82, 2.24) is 0 Å². The second-order valence-electron chi connectivity index (χ2n) is 12.1. The van der Waals surface area contributed by atoms with Gasteiger partial charge in [-0.05, 0) is 97.8 Å². The molecule has 0 aliphatic heterocycles. The van der Waals surface area contributed by atoms with E-state index in [1.54, 1.807) is 24.3 Å². The minimum atomic E-state index is -1.46. The Bertz CT molecular complexity index is 2120. The molecule has 0 aliphatic rings. The van der Waals surface area contributed by atoms with Crippen molar-refractivity contribution in [3.8, 4) is 22.3 Å². The van der Waals surface area contributed by atoms with Crippen LogP contribution in [0.5, 0.6) is 0 Å². The van der Waals surface area contributed by atoms with E-state index in [0.717, 1.165) is 33.9 Å². The zero-order chi connectivity index (χ0) is 34.8. The summed E-state index contributed by atoms with van der Waals surface area (Å²) in [6, 6.07) is 47.8. The molecule has 0 fully saturated rings. The summed E-state index contributed by atoms with van der Waals surface area (Å²) in [5.74, 6) is -5.83. The average molecular weight is 665 g/mol. The van der Waals surface area contributed by atoms with Crippen molar-refractivity contribution in [3.05, 3.63) is 192 Å². The molecular formula is C44H32F4N2. The molecule has 0 unspecified atom stereocenters. The highest BCUT2D eigenvalue weighted by atomic mass is 19.2. The van der Waals surface area contributed by atoms with Crippen LogP contribution in [0.15, 0.2) is 158 Å². The van der Waals surface area contributed by atoms with Crippen molar-refractivity contribution in [2.24, 2.45) is 0 Å². The number of hydrogen-bond donors (Lipinski definition) is 0. The lowest BCUT2D eigenvalue weighted by molar-refractivity contribution is 0.463. The van der Waals surface area contributed by atoms with Crippen LogP contribution in [0.1, 0.15) is 11.1 Å². The molecule has 0 N–H and O–H groups in total. The van der Waals surface area contributed by atoms with Gasteiger partial charge in [0.25, 0.3) is 0 Å². The van der Waals surface area contributed by atoms with Gasteiger partial charge in [-0.2, -0.15) is 0 Å². The van der Waals surface area contributed by atoms with Crippen LogP contribution in [0.2, 0.25) is 0 Å². The number of benzene rings is 7. The lowest BCUT2D eigenvalue weighted by Gasteiger charge is -2.26. The molecule has 7 aromatic rings. The second-order valence-corrected chi connectivity index (χ2v) is 12.1. The van der Waals surface area contributed by atoms with Crippen LogP contribution in [0, 0.1) is 37.1 Å². The Balaban J connectivity index is 1.24. The summed E-state index contributed by atoms with van der Waals surface area (Å²) in [5, 5.41) is 0. The smallest absolute Gasteiger partial charge is 0.170 e. The number of rotatable bonds is 8. The highest BCUT2D eigenvalue weighted by molar-refractivity contribution is 5.81. The van der Waals surface area contributed by atoms with Crippen LogP contribution in [0.4, 0.5) is 51.7 Å². The van der Waals surface area contributed by atoms with Gasteiger partial charge >= 0.3 is 0 Å². The van der Waals surface area contributed by atoms with Crippen LogP contribution in [-0.2, 0) is 0 Å². The minimum Gasteiger partial charge on any atom is -0.311 e. The SMILES string of the molecule is Cc1ccc(N(c2ccc(C)cc2)c2ccc(-c3c(F)c(F)c(-c4ccc(N(c5ccccc5)c5ccccc5)cc4)c(F)c3F)cc2)cc1. The van der Waals surface area contributed by atoms with Gasteiger partial charge < -0.3 is 9.80 Å². The molecule has 0 saturated heterocycles. The van der Waals surface area contributed by atoms with Gasteiger partial charge in [0.2, 0.25) is 0 Å². The summed E-state index contributed by atoms with van der Waals surface area (Å²) >= 11 is 0. The van der Waals surface area contributed by atoms with Gasteiger partial charge in [0, 0.05) is 34.1 Å². The van der Waals surface area contributed by atoms with Crippen LogP contribution in [0.25, 0.3) is 22.3 Å². The van der Waals surface area contributed by atoms with Gasteiger partial charge in [-0.15, -0.1) is 0 Å². The molecule has 2 nitrogen and oxygen atoms in total. The Morgan fingerprint density at radius 3 is 0.820 bits per heavy atom. The maximum absolute atomic E-state index is 15.8. The molecule has 0 heterocycles. The first kappa shape index (κ1) is 32.4. The first-order valence-electron chi connectivity index (χ1n) is 16.2. The zero-order valence-electron chi connectivity index (χ0n) is 27.4. The van der Waals surface area contributed by atoms with Crippen molar-refractivity contribution in [3.63, 3.8) is 0 Å². The fourth-order valence-electron chi connectivity index (χ4n) is 6.13. The maximum atomic E-state index is 15.8. The number of aryl methyl sites for hydroxylation is 2. The molecule has 0 bridgehead atoms. The molecule has 7 rings (SSSR count). The van der Waals surface area contributed by atoms with E-state index in [1.807, 2.05) is 133 Å². The van der Waals surface area contributed by atoms with Crippen molar-refractivity contribution in [2.75, 3.05) is 9.80 Å². The van der Waals surface area contributed by atoms with E-state index < -0.39 is 34.4 Å². The fourth-order valence-corrected chi connectivity index (χ4v) is 6.13. The third-order valence-electron chi connectivity index (χ3n) is 8.70. The topological polar surface area (TPSA) is 6.48 Å². The number of anilines is 6. The number of halogens is 4. The van der Waals surface area contributed by atoms with E-state index in [2.05, 4.69) is 0 Å². The first-order chi connectivity index (χ1) is 24.3. The third kappa shape index (κ3) is 6.24. The van der Waals surface area contributed by atoms with E-state index in [1.165, 1.54) is 24.3 Å². The summed E-state index contributed by atoms with van der Waals surface area (Å²) in [6.45, 7) is 4.00. The lowest BCUT2D eigenvalue weighted by atomic mass is 9.96. The molecule has 0 radical (unpaired) electrons. The quantitative estimate of drug-likeness (QED) is 0.118. The monoisotopic (exact) mass is 664 g/mol. The molecular weight excluding hydrogens is 632 g/mol. The number of para-hydroxylation sites is 2. The Hall–Kier alpha value is -6.14. The highest BCUT2D eigenvalue weighted by Gasteiger charge is 2.28. The molecule has 0 saturated carbocycles. The zero-order valence-corrected chi connectivity index (χ0v) is 27.4. The van der Waals surface area contributed by atoms with Gasteiger partial charge in [0.05, 0.1) is 11.1 Å². The third-order valence-corrected chi connectivity index (χ3v) is 8.70. The van der Waals surface area contributed by atoms with Crippen LogP contribution in [-0.4, -0.2) is 0 Å². The molecule has 246 valence electrons. The summed E-state index contributed by atoms with van der Waals surface area (Å²) < 4.78 is 63.1. The standard InChI is InChI=1S/C44H32F4N2/c1-29-13-21-35(22-14-29)50(36-23-15-30(2)16-24-36)38-27-19-32(20-28-38)40-43(47)41(45)39(42(46)44(40)48)31-17-25-37(26-18-31)49(33-9-5-3-6-10-33)34-11-7-4-8-12-34/h3-28H,1-2H3. The van der Waals surface area contributed by atoms with Crippen molar-refractivity contribution < 1.29 is 17.6 Å². The molecule has 0 spiro atoms. The Morgan fingerprint density at radius 1 is 0.300 bits per heavy atom. The normalized spacial score (nSPS) is 11.0. The molecule has 0 aliphatic carbocycles. The summed E-state index contributed by atoms with van der Waals surface area (Å²) in [4.78, 5) is 3.98. The molecule has 0 aromatic heterocycles. The van der Waals surface area contributed by atoms with Crippen molar-refractivity contribution >= 4 is 34.1 Å². The summed E-state index contributed by atoms with van der Waals surface area (Å²) in [6.07, 6.45) is 0. The Labute approximate surface area is 289 Å². The van der Waals surface area contributed by atoms with E-state index in [4.69, 9.17) is 0 Å². The van der Waals surface area contributed by atoms with E-state index in [0.29, 0.717) is 11.4 Å². The minimum absolute atomic E-state index is 0.0105. The molecule has 7 aromatic carbocycles. The van der Waals surface area contributed by atoms with E-state index >= 15 is 17.6 Å². The maximum Gasteiger partial charge on any atom is 0.170 e. The molecule has 0 atom stereocenters. The average Bonchev–Trinajstić information content (AvgIpc) is 3.15. The predicted molar refractivity (Wildman–Crippen MR) is 196 cm³/mol. The molecule has 50 heavy (non-hydrogen) atoms. The summed E-state index contributed by atoms with van der Waals surface area (Å²) in [7, 11) is 0. The number of nitrogens with zero attached hydrogens (tertiary/aromatic N) is 2. The molecule has 6 heteroatoms. The van der Waals surface area contributed by atoms with E-state index in [-0.39, 0.29) is 11.1 Å². The predicted octanol–water partition coefficient (Wildman–Crippen LogP) is 13.1. The van der Waals surface area contributed by atoms with E-state index in [9.17, 15) is 0 Å².